The third-order valence-corrected chi connectivity index (χ3v) is 6.31. The molecule has 2 aliphatic carbocycles. The molecule has 0 radical (unpaired) electrons. The Morgan fingerprint density at radius 3 is 2.29 bits per heavy atom. The number of hydrogen-bond acceptors (Lipinski definition) is 3. The van der Waals surface area contributed by atoms with Gasteiger partial charge in [0.1, 0.15) is 0 Å². The third kappa shape index (κ3) is 5.37. The van der Waals surface area contributed by atoms with Gasteiger partial charge in [0.2, 0.25) is 11.6 Å². The van der Waals surface area contributed by atoms with Crippen molar-refractivity contribution in [2.75, 3.05) is 19.8 Å². The van der Waals surface area contributed by atoms with Crippen molar-refractivity contribution in [1.29, 1.82) is 0 Å². The summed E-state index contributed by atoms with van der Waals surface area (Å²) in [6.45, 7) is 5.56. The van der Waals surface area contributed by atoms with Crippen molar-refractivity contribution in [3.05, 3.63) is 23.8 Å². The Morgan fingerprint density at radius 1 is 0.893 bits per heavy atom. The summed E-state index contributed by atoms with van der Waals surface area (Å²) in [5.74, 6) is -0.130. The van der Waals surface area contributed by atoms with Gasteiger partial charge in [-0.25, -0.2) is 0 Å². The lowest BCUT2D eigenvalue weighted by molar-refractivity contribution is -0.0229. The molecular weight excluding hydrogens is 362 g/mol. The minimum atomic E-state index is -0.968. The zero-order valence-corrected chi connectivity index (χ0v) is 17.2. The Hall–Kier alpha value is -1.36. The van der Waals surface area contributed by atoms with E-state index in [-0.39, 0.29) is 11.5 Å². The summed E-state index contributed by atoms with van der Waals surface area (Å²) >= 11 is 0. The molecule has 0 aliphatic heterocycles. The van der Waals surface area contributed by atoms with E-state index in [1.54, 1.807) is 6.92 Å². The van der Waals surface area contributed by atoms with Gasteiger partial charge in [0.25, 0.3) is 0 Å². The zero-order chi connectivity index (χ0) is 19.9. The first-order valence-electron chi connectivity index (χ1n) is 11.0. The van der Waals surface area contributed by atoms with Crippen molar-refractivity contribution in [3.63, 3.8) is 0 Å². The molecule has 4 unspecified atom stereocenters. The second-order valence-corrected chi connectivity index (χ2v) is 8.29. The quantitative estimate of drug-likeness (QED) is 0.469. The largest absolute Gasteiger partial charge is 0.491 e. The summed E-state index contributed by atoms with van der Waals surface area (Å²) in [5, 5.41) is 0. The van der Waals surface area contributed by atoms with Crippen molar-refractivity contribution in [1.82, 2.24) is 0 Å². The molecular formula is C23H34F2O3. The molecule has 158 valence electrons. The van der Waals surface area contributed by atoms with E-state index in [2.05, 4.69) is 6.92 Å². The first-order chi connectivity index (χ1) is 13.6. The van der Waals surface area contributed by atoms with Crippen LogP contribution in [0.3, 0.4) is 0 Å². The van der Waals surface area contributed by atoms with E-state index in [9.17, 15) is 8.78 Å². The molecule has 0 saturated heterocycles. The first-order valence-corrected chi connectivity index (χ1v) is 11.0. The van der Waals surface area contributed by atoms with Crippen molar-refractivity contribution >= 4 is 0 Å². The summed E-state index contributed by atoms with van der Waals surface area (Å²) in [4.78, 5) is 0. The predicted octanol–water partition coefficient (Wildman–Crippen LogP) is 6.14. The molecule has 3 nitrogen and oxygen atoms in total. The van der Waals surface area contributed by atoms with Gasteiger partial charge in [0, 0.05) is 6.61 Å². The molecule has 0 spiro atoms. The van der Waals surface area contributed by atoms with Gasteiger partial charge in [-0.05, 0) is 81.8 Å². The van der Waals surface area contributed by atoms with Crippen LogP contribution in [-0.2, 0) is 4.74 Å². The van der Waals surface area contributed by atoms with Crippen LogP contribution in [0.4, 0.5) is 8.78 Å². The van der Waals surface area contributed by atoms with Crippen molar-refractivity contribution in [2.24, 2.45) is 17.8 Å². The van der Waals surface area contributed by atoms with Crippen LogP contribution in [-0.4, -0.2) is 25.9 Å². The molecule has 0 N–H and O–H groups in total. The van der Waals surface area contributed by atoms with Crippen LogP contribution in [0.1, 0.15) is 65.2 Å². The second-order valence-electron chi connectivity index (χ2n) is 8.29. The van der Waals surface area contributed by atoms with Gasteiger partial charge in [0.15, 0.2) is 11.5 Å². The van der Waals surface area contributed by atoms with Crippen LogP contribution in [0.5, 0.6) is 11.5 Å². The first kappa shape index (κ1) is 21.4. The average Bonchev–Trinajstić information content (AvgIpc) is 2.71. The fourth-order valence-electron chi connectivity index (χ4n) is 4.74. The number of unbranched alkanes of at least 4 members (excludes halogenated alkanes) is 1. The van der Waals surface area contributed by atoms with Crippen molar-refractivity contribution in [3.8, 4) is 11.5 Å². The van der Waals surface area contributed by atoms with Crippen LogP contribution in [0.15, 0.2) is 12.1 Å². The number of fused-ring (bicyclic) bond motifs is 1. The maximum Gasteiger partial charge on any atom is 0.204 e. The van der Waals surface area contributed by atoms with Crippen LogP contribution in [0.2, 0.25) is 0 Å². The maximum absolute atomic E-state index is 14.2. The smallest absolute Gasteiger partial charge is 0.204 e. The Kier molecular flexibility index (Phi) is 7.95. The van der Waals surface area contributed by atoms with E-state index in [4.69, 9.17) is 14.2 Å². The number of benzene rings is 1. The molecule has 4 atom stereocenters. The molecule has 1 aromatic rings. The highest BCUT2D eigenvalue weighted by molar-refractivity contribution is 5.35. The molecule has 2 fully saturated rings. The summed E-state index contributed by atoms with van der Waals surface area (Å²) in [6, 6.07) is 2.90. The van der Waals surface area contributed by atoms with Crippen molar-refractivity contribution in [2.45, 2.75) is 71.3 Å². The molecule has 1 aromatic carbocycles. The normalized spacial score (nSPS) is 27.3. The van der Waals surface area contributed by atoms with E-state index in [0.29, 0.717) is 25.2 Å². The van der Waals surface area contributed by atoms with Crippen LogP contribution < -0.4 is 9.47 Å². The number of halogens is 2. The van der Waals surface area contributed by atoms with Gasteiger partial charge < -0.3 is 14.2 Å². The highest BCUT2D eigenvalue weighted by Crippen LogP contribution is 2.43. The second kappa shape index (κ2) is 10.4. The predicted molar refractivity (Wildman–Crippen MR) is 106 cm³/mol. The Morgan fingerprint density at radius 2 is 1.57 bits per heavy atom. The van der Waals surface area contributed by atoms with Crippen LogP contribution in [0.25, 0.3) is 0 Å². The Labute approximate surface area is 167 Å². The molecule has 0 heterocycles. The fraction of sp³-hybridized carbons (Fsp3) is 0.739. The average molecular weight is 397 g/mol. The standard InChI is InChI=1S/C23H34F2O3/c1-3-5-12-27-19-9-8-17-13-16(6-7-18(17)14-19)15-28-21-11-10-20(26-4-2)22(24)23(21)25/h10-11,16-19H,3-9,12-15H2,1-2H3. The third-order valence-electron chi connectivity index (χ3n) is 6.31. The molecule has 3 rings (SSSR count). The monoisotopic (exact) mass is 396 g/mol. The van der Waals surface area contributed by atoms with Gasteiger partial charge in [-0.2, -0.15) is 8.78 Å². The fourth-order valence-corrected chi connectivity index (χ4v) is 4.74. The summed E-state index contributed by atoms with van der Waals surface area (Å²) < 4.78 is 45.0. The molecule has 2 saturated carbocycles. The van der Waals surface area contributed by atoms with Gasteiger partial charge in [-0.3, -0.25) is 0 Å². The Balaban J connectivity index is 1.46. The highest BCUT2D eigenvalue weighted by Gasteiger charge is 2.36. The van der Waals surface area contributed by atoms with Gasteiger partial charge in [-0.15, -0.1) is 0 Å². The molecule has 0 aromatic heterocycles. The lowest BCUT2D eigenvalue weighted by Crippen LogP contribution is -2.35. The zero-order valence-electron chi connectivity index (χ0n) is 17.2. The number of ether oxygens (including phenoxy) is 3. The van der Waals surface area contributed by atoms with Gasteiger partial charge in [-0.1, -0.05) is 13.3 Å². The number of rotatable bonds is 9. The Bertz CT molecular complexity index is 622. The maximum atomic E-state index is 14.2. The van der Waals surface area contributed by atoms with Gasteiger partial charge >= 0.3 is 0 Å². The summed E-state index contributed by atoms with van der Waals surface area (Å²) in [7, 11) is 0. The molecule has 2 aliphatic rings. The summed E-state index contributed by atoms with van der Waals surface area (Å²) in [5.41, 5.74) is 0. The topological polar surface area (TPSA) is 27.7 Å². The van der Waals surface area contributed by atoms with Crippen LogP contribution >= 0.6 is 0 Å². The van der Waals surface area contributed by atoms with E-state index in [1.165, 1.54) is 37.8 Å². The van der Waals surface area contributed by atoms with Crippen LogP contribution in [0, 0.1) is 29.4 Å². The number of hydrogen-bond donors (Lipinski definition) is 0. The SMILES string of the molecule is CCCCOC1CCC2CC(COc3ccc(OCC)c(F)c3F)CCC2C1. The van der Waals surface area contributed by atoms with E-state index in [0.717, 1.165) is 44.1 Å². The lowest BCUT2D eigenvalue weighted by Gasteiger charge is -2.42. The van der Waals surface area contributed by atoms with E-state index >= 15 is 0 Å². The van der Waals surface area contributed by atoms with Crippen molar-refractivity contribution < 1.29 is 23.0 Å². The molecule has 5 heteroatoms. The van der Waals surface area contributed by atoms with E-state index < -0.39 is 11.6 Å². The molecule has 0 amide bonds. The van der Waals surface area contributed by atoms with Gasteiger partial charge in [0.05, 0.1) is 19.3 Å². The minimum absolute atomic E-state index is 0.0175. The lowest BCUT2D eigenvalue weighted by atomic mass is 9.67. The molecule has 28 heavy (non-hydrogen) atoms. The molecule has 0 bridgehead atoms. The minimum Gasteiger partial charge on any atom is -0.491 e. The highest BCUT2D eigenvalue weighted by atomic mass is 19.2. The van der Waals surface area contributed by atoms with E-state index in [1.807, 2.05) is 0 Å². The summed E-state index contributed by atoms with van der Waals surface area (Å²) in [6.07, 6.45) is 9.69.